The second-order valence-electron chi connectivity index (χ2n) is 4.13. The molecule has 5 nitrogen and oxygen atoms in total. The van der Waals surface area contributed by atoms with Gasteiger partial charge in [0.1, 0.15) is 10.7 Å². The number of rotatable bonds is 2. The maximum atomic E-state index is 11.9. The summed E-state index contributed by atoms with van der Waals surface area (Å²) in [6.07, 6.45) is 2.21. The molecule has 2 aromatic heterocycles. The maximum Gasteiger partial charge on any atom is 0.263 e. The molecule has 0 spiro atoms. The molecule has 1 saturated carbocycles. The fraction of sp³-hybridized carbons (Fsp3) is 0.500. The highest BCUT2D eigenvalue weighted by atomic mass is 32.1. The lowest BCUT2D eigenvalue weighted by Crippen LogP contribution is -2.25. The smallest absolute Gasteiger partial charge is 0.263 e. The van der Waals surface area contributed by atoms with Gasteiger partial charge in [0.25, 0.3) is 5.91 Å². The van der Waals surface area contributed by atoms with Gasteiger partial charge in [0.15, 0.2) is 0 Å². The number of fused-ring (bicyclic) bond motifs is 1. The van der Waals surface area contributed by atoms with Crippen LogP contribution in [0.1, 0.15) is 34.0 Å². The Kier molecular flexibility index (Phi) is 2.00. The lowest BCUT2D eigenvalue weighted by molar-refractivity contribution is 0.0954. The van der Waals surface area contributed by atoms with Crippen molar-refractivity contribution in [2.75, 3.05) is 0 Å². The minimum Gasteiger partial charge on any atom is -0.349 e. The summed E-state index contributed by atoms with van der Waals surface area (Å²) in [4.78, 5) is 13.5. The summed E-state index contributed by atoms with van der Waals surface area (Å²) in [6.45, 7) is 3.82. The number of carbonyl (C=O) groups excluding carboxylic acids is 1. The van der Waals surface area contributed by atoms with Crippen LogP contribution < -0.4 is 5.32 Å². The Labute approximate surface area is 96.5 Å². The van der Waals surface area contributed by atoms with E-state index >= 15 is 0 Å². The summed E-state index contributed by atoms with van der Waals surface area (Å²) < 4.78 is 1.92. The molecule has 0 bridgehead atoms. The van der Waals surface area contributed by atoms with Crippen molar-refractivity contribution in [3.63, 3.8) is 0 Å². The van der Waals surface area contributed by atoms with E-state index in [1.54, 1.807) is 0 Å². The lowest BCUT2D eigenvalue weighted by Gasteiger charge is -2.01. The lowest BCUT2D eigenvalue weighted by atomic mass is 10.3. The molecule has 2 aromatic rings. The van der Waals surface area contributed by atoms with Crippen LogP contribution in [0, 0.1) is 13.8 Å². The molecule has 84 valence electrons. The number of thiazole rings is 1. The second kappa shape index (κ2) is 3.28. The number of amides is 1. The fourth-order valence-corrected chi connectivity index (χ4v) is 2.77. The van der Waals surface area contributed by atoms with Crippen LogP contribution >= 0.6 is 11.3 Å². The topological polar surface area (TPSA) is 59.3 Å². The van der Waals surface area contributed by atoms with Gasteiger partial charge < -0.3 is 5.32 Å². The number of hydrogen-bond donors (Lipinski definition) is 1. The van der Waals surface area contributed by atoms with Gasteiger partial charge in [-0.25, -0.2) is 0 Å². The predicted octanol–water partition coefficient (Wildman–Crippen LogP) is 1.30. The first kappa shape index (κ1) is 9.77. The first-order chi connectivity index (χ1) is 7.66. The highest BCUT2D eigenvalue weighted by Crippen LogP contribution is 2.25. The van der Waals surface area contributed by atoms with Crippen molar-refractivity contribution in [2.24, 2.45) is 0 Å². The van der Waals surface area contributed by atoms with E-state index in [9.17, 15) is 4.79 Å². The summed E-state index contributed by atoms with van der Waals surface area (Å²) in [7, 11) is 0. The van der Waals surface area contributed by atoms with Crippen molar-refractivity contribution < 1.29 is 4.79 Å². The maximum absolute atomic E-state index is 11.9. The monoisotopic (exact) mass is 236 g/mol. The Morgan fingerprint density at radius 2 is 2.19 bits per heavy atom. The van der Waals surface area contributed by atoms with Gasteiger partial charge in [-0.2, -0.15) is 0 Å². The minimum atomic E-state index is 0.0231. The third-order valence-electron chi connectivity index (χ3n) is 2.77. The molecule has 0 unspecified atom stereocenters. The van der Waals surface area contributed by atoms with Crippen molar-refractivity contribution in [3.8, 4) is 0 Å². The molecule has 2 heterocycles. The van der Waals surface area contributed by atoms with Crippen LogP contribution in [0.5, 0.6) is 0 Å². The average molecular weight is 236 g/mol. The van der Waals surface area contributed by atoms with Gasteiger partial charge >= 0.3 is 0 Å². The molecular formula is C10H12N4OS. The Morgan fingerprint density at radius 3 is 2.81 bits per heavy atom. The summed E-state index contributed by atoms with van der Waals surface area (Å²) in [5, 5.41) is 11.0. The summed E-state index contributed by atoms with van der Waals surface area (Å²) in [6, 6.07) is 0.389. The Bertz CT molecular complexity index is 567. The van der Waals surface area contributed by atoms with E-state index in [0.717, 1.165) is 34.2 Å². The molecule has 16 heavy (non-hydrogen) atoms. The van der Waals surface area contributed by atoms with Crippen LogP contribution in [-0.2, 0) is 0 Å². The molecule has 6 heteroatoms. The van der Waals surface area contributed by atoms with Gasteiger partial charge in [-0.15, -0.1) is 10.2 Å². The molecule has 0 saturated heterocycles. The van der Waals surface area contributed by atoms with Gasteiger partial charge in [0.05, 0.1) is 0 Å². The van der Waals surface area contributed by atoms with Gasteiger partial charge in [-0.1, -0.05) is 11.3 Å². The normalized spacial score (nSPS) is 15.6. The molecule has 1 fully saturated rings. The zero-order valence-corrected chi connectivity index (χ0v) is 9.97. The van der Waals surface area contributed by atoms with E-state index in [0.29, 0.717) is 6.04 Å². The second-order valence-corrected chi connectivity index (χ2v) is 5.11. The summed E-state index contributed by atoms with van der Waals surface area (Å²) in [5.41, 5.74) is 0.931. The molecule has 0 radical (unpaired) electrons. The summed E-state index contributed by atoms with van der Waals surface area (Å²) in [5.74, 6) is 0.851. The molecular weight excluding hydrogens is 224 g/mol. The van der Waals surface area contributed by atoms with Crippen LogP contribution in [0.15, 0.2) is 0 Å². The molecule has 3 rings (SSSR count). The van der Waals surface area contributed by atoms with E-state index in [1.165, 1.54) is 11.3 Å². The van der Waals surface area contributed by atoms with Crippen LogP contribution in [0.2, 0.25) is 0 Å². The Balaban J connectivity index is 2.02. The van der Waals surface area contributed by atoms with Gasteiger partial charge in [0.2, 0.25) is 4.96 Å². The third-order valence-corrected chi connectivity index (χ3v) is 3.90. The number of nitrogens with one attached hydrogen (secondary N) is 1. The molecule has 1 amide bonds. The van der Waals surface area contributed by atoms with E-state index in [2.05, 4.69) is 15.5 Å². The quantitative estimate of drug-likeness (QED) is 0.855. The van der Waals surface area contributed by atoms with Crippen LogP contribution in [0.3, 0.4) is 0 Å². The largest absolute Gasteiger partial charge is 0.349 e. The van der Waals surface area contributed by atoms with Gasteiger partial charge in [-0.3, -0.25) is 9.20 Å². The van der Waals surface area contributed by atoms with Crippen LogP contribution in [0.4, 0.5) is 0 Å². The highest BCUT2D eigenvalue weighted by molar-refractivity contribution is 7.19. The SMILES string of the molecule is Cc1nnc2sc(C(=O)NC3CC3)c(C)n12. The van der Waals surface area contributed by atoms with Crippen molar-refractivity contribution >= 4 is 22.2 Å². The zero-order valence-electron chi connectivity index (χ0n) is 9.15. The first-order valence-corrected chi connectivity index (χ1v) is 6.10. The molecule has 1 N–H and O–H groups in total. The predicted molar refractivity (Wildman–Crippen MR) is 60.8 cm³/mol. The number of hydrogen-bond acceptors (Lipinski definition) is 4. The molecule has 0 aromatic carbocycles. The van der Waals surface area contributed by atoms with Crippen molar-refractivity contribution in [3.05, 3.63) is 16.4 Å². The number of aryl methyl sites for hydroxylation is 2. The first-order valence-electron chi connectivity index (χ1n) is 5.29. The summed E-state index contributed by atoms with van der Waals surface area (Å²) >= 11 is 1.40. The van der Waals surface area contributed by atoms with Crippen molar-refractivity contribution in [1.29, 1.82) is 0 Å². The van der Waals surface area contributed by atoms with Crippen molar-refractivity contribution in [1.82, 2.24) is 19.9 Å². The van der Waals surface area contributed by atoms with E-state index in [4.69, 9.17) is 0 Å². The zero-order chi connectivity index (χ0) is 11.3. The Morgan fingerprint density at radius 1 is 1.44 bits per heavy atom. The standard InChI is InChI=1S/C10H12N4OS/c1-5-8(9(15)11-7-3-4-7)16-10-13-12-6(2)14(5)10/h7H,3-4H2,1-2H3,(H,11,15). The molecule has 1 aliphatic rings. The van der Waals surface area contributed by atoms with E-state index in [-0.39, 0.29) is 5.91 Å². The Hall–Kier alpha value is -1.43. The average Bonchev–Trinajstić information content (AvgIpc) is 2.87. The number of nitrogens with zero attached hydrogens (tertiary/aromatic N) is 3. The fourth-order valence-electron chi connectivity index (χ4n) is 1.75. The molecule has 0 atom stereocenters. The van der Waals surface area contributed by atoms with Crippen LogP contribution in [0.25, 0.3) is 4.96 Å². The molecule has 0 aliphatic heterocycles. The van der Waals surface area contributed by atoms with Gasteiger partial charge in [0, 0.05) is 11.7 Å². The van der Waals surface area contributed by atoms with E-state index in [1.807, 2.05) is 18.2 Å². The minimum absolute atomic E-state index is 0.0231. The number of aromatic nitrogens is 3. The number of carbonyl (C=O) groups is 1. The van der Waals surface area contributed by atoms with Crippen LogP contribution in [-0.4, -0.2) is 26.5 Å². The van der Waals surface area contributed by atoms with Gasteiger partial charge in [-0.05, 0) is 26.7 Å². The molecule has 1 aliphatic carbocycles. The third kappa shape index (κ3) is 1.41. The van der Waals surface area contributed by atoms with Crippen molar-refractivity contribution in [2.45, 2.75) is 32.7 Å². The van der Waals surface area contributed by atoms with E-state index < -0.39 is 0 Å². The highest BCUT2D eigenvalue weighted by Gasteiger charge is 2.26.